The second kappa shape index (κ2) is 8.43. The van der Waals surface area contributed by atoms with Gasteiger partial charge in [-0.2, -0.15) is 4.39 Å². The Balaban J connectivity index is 1.76. The molecule has 0 aliphatic heterocycles. The molecule has 2 nitrogen and oxygen atoms in total. The fourth-order valence-corrected chi connectivity index (χ4v) is 3.60. The van der Waals surface area contributed by atoms with Crippen molar-refractivity contribution in [1.29, 1.82) is 0 Å². The van der Waals surface area contributed by atoms with E-state index in [1.54, 1.807) is 6.07 Å². The third-order valence-electron chi connectivity index (χ3n) is 5.17. The van der Waals surface area contributed by atoms with Crippen molar-refractivity contribution >= 4 is 6.29 Å². The SMILES string of the molecule is CCCOc1ccc(-c2ccc(C3CCC(C=O)CC3)cc2)c(F)c1F. The molecule has 0 amide bonds. The molecule has 1 aliphatic rings. The van der Waals surface area contributed by atoms with Crippen molar-refractivity contribution in [2.75, 3.05) is 6.61 Å². The standard InChI is InChI=1S/C22H24F2O2/c1-2-13-26-20-12-11-19(21(23)22(20)24)18-9-7-17(8-10-18)16-5-3-15(14-25)4-6-16/h7-12,14-16H,2-6,13H2,1H3. The van der Waals surface area contributed by atoms with Crippen LogP contribution in [0.5, 0.6) is 5.75 Å². The summed E-state index contributed by atoms with van der Waals surface area (Å²) < 4.78 is 33.8. The maximum atomic E-state index is 14.4. The van der Waals surface area contributed by atoms with E-state index in [1.165, 1.54) is 11.6 Å². The Morgan fingerprint density at radius 1 is 1.00 bits per heavy atom. The minimum atomic E-state index is -0.938. The first-order chi connectivity index (χ1) is 12.6. The molecule has 2 aromatic rings. The number of ether oxygens (including phenoxy) is 1. The minimum absolute atomic E-state index is 0.0448. The number of hydrogen-bond acceptors (Lipinski definition) is 2. The van der Waals surface area contributed by atoms with Crippen LogP contribution in [0.25, 0.3) is 11.1 Å². The Morgan fingerprint density at radius 2 is 1.69 bits per heavy atom. The molecule has 0 radical (unpaired) electrons. The lowest BCUT2D eigenvalue weighted by Crippen LogP contribution is -2.14. The van der Waals surface area contributed by atoms with E-state index in [0.29, 0.717) is 18.1 Å². The van der Waals surface area contributed by atoms with E-state index >= 15 is 0 Å². The fourth-order valence-electron chi connectivity index (χ4n) is 3.60. The van der Waals surface area contributed by atoms with Crippen molar-refractivity contribution in [3.8, 4) is 16.9 Å². The third kappa shape index (κ3) is 3.95. The summed E-state index contributed by atoms with van der Waals surface area (Å²) in [5.74, 6) is -1.23. The fraction of sp³-hybridized carbons (Fsp3) is 0.409. The van der Waals surface area contributed by atoms with Crippen molar-refractivity contribution in [3.63, 3.8) is 0 Å². The average molecular weight is 358 g/mol. The van der Waals surface area contributed by atoms with Crippen molar-refractivity contribution < 1.29 is 18.3 Å². The summed E-state index contributed by atoms with van der Waals surface area (Å²) in [7, 11) is 0. The molecule has 0 saturated heterocycles. The van der Waals surface area contributed by atoms with Gasteiger partial charge in [-0.1, -0.05) is 31.2 Å². The summed E-state index contributed by atoms with van der Waals surface area (Å²) in [6, 6.07) is 10.7. The van der Waals surface area contributed by atoms with Gasteiger partial charge in [0.05, 0.1) is 6.61 Å². The molecule has 0 N–H and O–H groups in total. The minimum Gasteiger partial charge on any atom is -0.490 e. The summed E-state index contributed by atoms with van der Waals surface area (Å²) in [6.45, 7) is 2.27. The molecule has 2 aromatic carbocycles. The van der Waals surface area contributed by atoms with Gasteiger partial charge in [0.15, 0.2) is 11.6 Å². The van der Waals surface area contributed by atoms with Crippen molar-refractivity contribution in [2.24, 2.45) is 5.92 Å². The van der Waals surface area contributed by atoms with Gasteiger partial charge >= 0.3 is 0 Å². The molecular formula is C22H24F2O2. The van der Waals surface area contributed by atoms with Crippen molar-refractivity contribution in [3.05, 3.63) is 53.6 Å². The van der Waals surface area contributed by atoms with E-state index in [9.17, 15) is 13.6 Å². The number of benzene rings is 2. The third-order valence-corrected chi connectivity index (χ3v) is 5.17. The van der Waals surface area contributed by atoms with Crippen LogP contribution in [0, 0.1) is 17.6 Å². The highest BCUT2D eigenvalue weighted by atomic mass is 19.2. The van der Waals surface area contributed by atoms with Gasteiger partial charge in [0.1, 0.15) is 6.29 Å². The molecule has 26 heavy (non-hydrogen) atoms. The second-order valence-corrected chi connectivity index (χ2v) is 6.96. The van der Waals surface area contributed by atoms with E-state index in [1.807, 2.05) is 31.2 Å². The van der Waals surface area contributed by atoms with Gasteiger partial charge in [-0.05, 0) is 61.3 Å². The van der Waals surface area contributed by atoms with Crippen LogP contribution >= 0.6 is 0 Å². The predicted octanol–water partition coefficient (Wildman–Crippen LogP) is 5.89. The maximum Gasteiger partial charge on any atom is 0.201 e. The van der Waals surface area contributed by atoms with Gasteiger partial charge in [-0.15, -0.1) is 0 Å². The lowest BCUT2D eigenvalue weighted by atomic mass is 9.79. The van der Waals surface area contributed by atoms with Crippen LogP contribution in [0.2, 0.25) is 0 Å². The van der Waals surface area contributed by atoms with E-state index in [2.05, 4.69) is 0 Å². The molecule has 0 unspecified atom stereocenters. The van der Waals surface area contributed by atoms with Gasteiger partial charge < -0.3 is 9.53 Å². The van der Waals surface area contributed by atoms with Crippen LogP contribution < -0.4 is 4.74 Å². The predicted molar refractivity (Wildman–Crippen MR) is 98.3 cm³/mol. The zero-order valence-electron chi connectivity index (χ0n) is 15.0. The monoisotopic (exact) mass is 358 g/mol. The number of carbonyl (C=O) groups excluding carboxylic acids is 1. The average Bonchev–Trinajstić information content (AvgIpc) is 2.69. The molecule has 1 fully saturated rings. The normalized spacial score (nSPS) is 20.0. The molecule has 4 heteroatoms. The summed E-state index contributed by atoms with van der Waals surface area (Å²) >= 11 is 0. The first-order valence-corrected chi connectivity index (χ1v) is 9.30. The van der Waals surface area contributed by atoms with E-state index in [0.717, 1.165) is 38.4 Å². The summed E-state index contributed by atoms with van der Waals surface area (Å²) in [4.78, 5) is 10.9. The van der Waals surface area contributed by atoms with Crippen LogP contribution in [0.1, 0.15) is 50.5 Å². The molecule has 1 saturated carbocycles. The van der Waals surface area contributed by atoms with E-state index in [4.69, 9.17) is 4.74 Å². The van der Waals surface area contributed by atoms with Gasteiger partial charge in [0.25, 0.3) is 0 Å². The van der Waals surface area contributed by atoms with Crippen LogP contribution in [-0.4, -0.2) is 12.9 Å². The molecule has 3 rings (SSSR count). The quantitative estimate of drug-likeness (QED) is 0.602. The topological polar surface area (TPSA) is 26.3 Å². The van der Waals surface area contributed by atoms with Crippen LogP contribution in [0.15, 0.2) is 36.4 Å². The highest BCUT2D eigenvalue weighted by molar-refractivity contribution is 5.65. The summed E-state index contributed by atoms with van der Waals surface area (Å²) in [5.41, 5.74) is 2.08. The van der Waals surface area contributed by atoms with Gasteiger partial charge in [0, 0.05) is 11.5 Å². The summed E-state index contributed by atoms with van der Waals surface area (Å²) in [6.07, 6.45) is 5.64. The number of aldehydes is 1. The van der Waals surface area contributed by atoms with Gasteiger partial charge in [0.2, 0.25) is 5.82 Å². The highest BCUT2D eigenvalue weighted by Crippen LogP contribution is 2.36. The highest BCUT2D eigenvalue weighted by Gasteiger charge is 2.22. The Bertz CT molecular complexity index is 747. The number of halogens is 2. The maximum absolute atomic E-state index is 14.4. The Morgan fingerprint density at radius 3 is 2.31 bits per heavy atom. The van der Waals surface area contributed by atoms with E-state index < -0.39 is 11.6 Å². The largest absolute Gasteiger partial charge is 0.490 e. The molecule has 0 atom stereocenters. The number of hydrogen-bond donors (Lipinski definition) is 0. The van der Waals surface area contributed by atoms with E-state index in [-0.39, 0.29) is 17.2 Å². The Hall–Kier alpha value is -2.23. The first-order valence-electron chi connectivity index (χ1n) is 9.30. The molecule has 1 aliphatic carbocycles. The van der Waals surface area contributed by atoms with Gasteiger partial charge in [-0.3, -0.25) is 0 Å². The van der Waals surface area contributed by atoms with Gasteiger partial charge in [-0.25, -0.2) is 4.39 Å². The molecule has 0 aromatic heterocycles. The lowest BCUT2D eigenvalue weighted by Gasteiger charge is -2.25. The number of rotatable bonds is 6. The zero-order chi connectivity index (χ0) is 18.5. The zero-order valence-corrected chi connectivity index (χ0v) is 15.0. The summed E-state index contributed by atoms with van der Waals surface area (Å²) in [5, 5.41) is 0. The number of carbonyl (C=O) groups is 1. The van der Waals surface area contributed by atoms with Crippen LogP contribution in [0.3, 0.4) is 0 Å². The molecule has 0 heterocycles. The van der Waals surface area contributed by atoms with Crippen LogP contribution in [-0.2, 0) is 4.79 Å². The first kappa shape index (κ1) is 18.6. The Labute approximate surface area is 153 Å². The van der Waals surface area contributed by atoms with Crippen molar-refractivity contribution in [1.82, 2.24) is 0 Å². The smallest absolute Gasteiger partial charge is 0.201 e. The molecule has 138 valence electrons. The Kier molecular flexibility index (Phi) is 6.02. The lowest BCUT2D eigenvalue weighted by molar-refractivity contribution is -0.111. The van der Waals surface area contributed by atoms with Crippen LogP contribution in [0.4, 0.5) is 8.78 Å². The van der Waals surface area contributed by atoms with Crippen molar-refractivity contribution in [2.45, 2.75) is 44.9 Å². The molecular weight excluding hydrogens is 334 g/mol. The molecule has 0 spiro atoms. The second-order valence-electron chi connectivity index (χ2n) is 6.96. The molecule has 0 bridgehead atoms.